The van der Waals surface area contributed by atoms with Gasteiger partial charge in [-0.25, -0.2) is 0 Å². The molecule has 2 heteroatoms. The summed E-state index contributed by atoms with van der Waals surface area (Å²) in [6, 6.07) is 1.37. The van der Waals surface area contributed by atoms with Gasteiger partial charge in [0, 0.05) is 15.4 Å². The van der Waals surface area contributed by atoms with Crippen molar-refractivity contribution in [1.29, 1.82) is 0 Å². The molecule has 0 saturated heterocycles. The van der Waals surface area contributed by atoms with Crippen LogP contribution in [0.1, 0.15) is 12.8 Å². The maximum atomic E-state index is 5.44. The van der Waals surface area contributed by atoms with Crippen molar-refractivity contribution in [3.05, 3.63) is 0 Å². The van der Waals surface area contributed by atoms with E-state index in [2.05, 4.69) is 6.55 Å². The van der Waals surface area contributed by atoms with Gasteiger partial charge in [0.05, 0.1) is 0 Å². The Balaban J connectivity index is 2.45. The van der Waals surface area contributed by atoms with Gasteiger partial charge >= 0.3 is 0 Å². The maximum Gasteiger partial charge on any atom is 0.0342 e. The SMILES string of the molecule is C[Si]CCCCCl. The Morgan fingerprint density at radius 2 is 2.14 bits per heavy atom. The molecule has 0 aliphatic heterocycles. The van der Waals surface area contributed by atoms with Crippen LogP contribution < -0.4 is 0 Å². The zero-order chi connectivity index (χ0) is 5.54. The molecule has 7 heavy (non-hydrogen) atoms. The summed E-state index contributed by atoms with van der Waals surface area (Å²) in [6.45, 7) is 2.23. The zero-order valence-electron chi connectivity index (χ0n) is 4.71. The number of unbranched alkanes of at least 4 members (excludes halogenated alkanes) is 1. The van der Waals surface area contributed by atoms with Crippen LogP contribution in [0.4, 0.5) is 0 Å². The summed E-state index contributed by atoms with van der Waals surface area (Å²) >= 11 is 5.44. The third-order valence-electron chi connectivity index (χ3n) is 0.810. The average molecular weight is 135 g/mol. The number of hydrogen-bond donors (Lipinski definition) is 0. The fraction of sp³-hybridized carbons (Fsp3) is 1.00. The van der Waals surface area contributed by atoms with E-state index in [1.54, 1.807) is 0 Å². The molecule has 0 spiro atoms. The molecular formula is C5H11ClSi. The molecule has 0 rings (SSSR count). The lowest BCUT2D eigenvalue weighted by Gasteiger charge is -1.88. The minimum Gasteiger partial charge on any atom is -0.127 e. The number of rotatable bonds is 4. The highest BCUT2D eigenvalue weighted by Crippen LogP contribution is 1.95. The number of halogens is 1. The van der Waals surface area contributed by atoms with Gasteiger partial charge in [-0.2, -0.15) is 0 Å². The van der Waals surface area contributed by atoms with Gasteiger partial charge < -0.3 is 0 Å². The molecule has 0 aliphatic rings. The molecular weight excluding hydrogens is 124 g/mol. The van der Waals surface area contributed by atoms with E-state index in [0.29, 0.717) is 0 Å². The smallest absolute Gasteiger partial charge is 0.0342 e. The van der Waals surface area contributed by atoms with Crippen molar-refractivity contribution in [2.75, 3.05) is 5.88 Å². The first-order valence-electron chi connectivity index (χ1n) is 2.62. The van der Waals surface area contributed by atoms with E-state index in [1.807, 2.05) is 0 Å². The first-order chi connectivity index (χ1) is 3.41. The van der Waals surface area contributed by atoms with Gasteiger partial charge in [0.2, 0.25) is 0 Å². The Hall–Kier alpha value is 0.507. The summed E-state index contributed by atoms with van der Waals surface area (Å²) in [5, 5.41) is 0. The van der Waals surface area contributed by atoms with Crippen LogP contribution in [0, 0.1) is 0 Å². The first-order valence-corrected chi connectivity index (χ1v) is 4.86. The van der Waals surface area contributed by atoms with E-state index in [9.17, 15) is 0 Å². The number of hydrogen-bond acceptors (Lipinski definition) is 0. The van der Waals surface area contributed by atoms with Gasteiger partial charge in [0.25, 0.3) is 0 Å². The van der Waals surface area contributed by atoms with Crippen LogP contribution in [-0.2, 0) is 0 Å². The molecule has 0 atom stereocenters. The molecule has 0 aliphatic carbocycles. The van der Waals surface area contributed by atoms with Crippen molar-refractivity contribution in [3.63, 3.8) is 0 Å². The van der Waals surface area contributed by atoms with Crippen molar-refractivity contribution in [3.8, 4) is 0 Å². The highest BCUT2D eigenvalue weighted by Gasteiger charge is 1.82. The van der Waals surface area contributed by atoms with Crippen LogP contribution in [0.2, 0.25) is 12.6 Å². The lowest BCUT2D eigenvalue weighted by molar-refractivity contribution is 0.886. The molecule has 0 fully saturated rings. The lowest BCUT2D eigenvalue weighted by Crippen LogP contribution is -1.81. The second-order valence-electron chi connectivity index (χ2n) is 1.50. The van der Waals surface area contributed by atoms with Crippen LogP contribution in [0.25, 0.3) is 0 Å². The summed E-state index contributed by atoms with van der Waals surface area (Å²) in [4.78, 5) is 0. The van der Waals surface area contributed by atoms with Crippen molar-refractivity contribution < 1.29 is 0 Å². The average Bonchev–Trinajstić information content (AvgIpc) is 1.69. The molecule has 42 valence electrons. The Labute approximate surface area is 53.1 Å². The standard InChI is InChI=1S/C5H11ClSi/c1-7-5-3-2-4-6/h2-5H2,1H3. The maximum absolute atomic E-state index is 5.44. The first kappa shape index (κ1) is 7.51. The molecule has 0 bridgehead atoms. The molecule has 2 radical (unpaired) electrons. The van der Waals surface area contributed by atoms with E-state index in [0.717, 1.165) is 15.4 Å². The molecule has 0 aromatic carbocycles. The second kappa shape index (κ2) is 6.51. The van der Waals surface area contributed by atoms with Crippen LogP contribution in [0.5, 0.6) is 0 Å². The summed E-state index contributed by atoms with van der Waals surface area (Å²) in [7, 11) is 1.11. The third-order valence-corrected chi connectivity index (χ3v) is 1.93. The Morgan fingerprint density at radius 1 is 1.43 bits per heavy atom. The Kier molecular flexibility index (Phi) is 6.98. The molecule has 0 nitrogen and oxygen atoms in total. The second-order valence-corrected chi connectivity index (χ2v) is 3.08. The van der Waals surface area contributed by atoms with E-state index in [4.69, 9.17) is 11.6 Å². The monoisotopic (exact) mass is 134 g/mol. The van der Waals surface area contributed by atoms with E-state index < -0.39 is 0 Å². The van der Waals surface area contributed by atoms with Gasteiger partial charge in [0.15, 0.2) is 0 Å². The molecule has 0 heterocycles. The topological polar surface area (TPSA) is 0 Å². The molecule has 0 N–H and O–H groups in total. The van der Waals surface area contributed by atoms with Crippen LogP contribution in [-0.4, -0.2) is 15.4 Å². The molecule has 0 unspecified atom stereocenters. The molecule has 0 aromatic rings. The van der Waals surface area contributed by atoms with Gasteiger partial charge in [0.1, 0.15) is 0 Å². The lowest BCUT2D eigenvalue weighted by atomic mass is 10.4. The Bertz CT molecular complexity index is 27.3. The van der Waals surface area contributed by atoms with E-state index in [-0.39, 0.29) is 0 Å². The quantitative estimate of drug-likeness (QED) is 0.314. The predicted octanol–water partition coefficient (Wildman–Crippen LogP) is 2.18. The van der Waals surface area contributed by atoms with Crippen molar-refractivity contribution >= 4 is 21.1 Å². The van der Waals surface area contributed by atoms with Gasteiger partial charge in [-0.15, -0.1) is 11.6 Å². The normalized spacial score (nSPS) is 9.43. The van der Waals surface area contributed by atoms with Gasteiger partial charge in [-0.3, -0.25) is 0 Å². The fourth-order valence-electron chi connectivity index (χ4n) is 0.396. The van der Waals surface area contributed by atoms with Gasteiger partial charge in [-0.05, 0) is 6.42 Å². The third kappa shape index (κ3) is 6.51. The van der Waals surface area contributed by atoms with Crippen molar-refractivity contribution in [1.82, 2.24) is 0 Å². The fourth-order valence-corrected chi connectivity index (χ4v) is 1.19. The van der Waals surface area contributed by atoms with E-state index in [1.165, 1.54) is 18.9 Å². The highest BCUT2D eigenvalue weighted by molar-refractivity contribution is 6.33. The van der Waals surface area contributed by atoms with Crippen molar-refractivity contribution in [2.45, 2.75) is 25.4 Å². The minimum absolute atomic E-state index is 0.838. The predicted molar refractivity (Wildman–Crippen MR) is 36.4 cm³/mol. The van der Waals surface area contributed by atoms with Gasteiger partial charge in [-0.1, -0.05) is 19.0 Å². The van der Waals surface area contributed by atoms with Crippen molar-refractivity contribution in [2.24, 2.45) is 0 Å². The summed E-state index contributed by atoms with van der Waals surface area (Å²) in [5.41, 5.74) is 0. The van der Waals surface area contributed by atoms with Crippen LogP contribution >= 0.6 is 11.6 Å². The summed E-state index contributed by atoms with van der Waals surface area (Å²) in [5.74, 6) is 0.838. The molecule has 0 aromatic heterocycles. The molecule has 0 amide bonds. The number of alkyl halides is 1. The Morgan fingerprint density at radius 3 is 2.57 bits per heavy atom. The minimum atomic E-state index is 0.838. The largest absolute Gasteiger partial charge is 0.127 e. The van der Waals surface area contributed by atoms with Crippen LogP contribution in [0.3, 0.4) is 0 Å². The molecule has 0 saturated carbocycles. The zero-order valence-corrected chi connectivity index (χ0v) is 6.46. The highest BCUT2D eigenvalue weighted by atomic mass is 35.5. The van der Waals surface area contributed by atoms with E-state index >= 15 is 0 Å². The summed E-state index contributed by atoms with van der Waals surface area (Å²) < 4.78 is 0. The summed E-state index contributed by atoms with van der Waals surface area (Å²) in [6.07, 6.45) is 2.51. The van der Waals surface area contributed by atoms with Crippen LogP contribution in [0.15, 0.2) is 0 Å².